The summed E-state index contributed by atoms with van der Waals surface area (Å²) in [6.45, 7) is 0. The maximum atomic E-state index is 13.9. The van der Waals surface area contributed by atoms with E-state index in [1.165, 1.54) is 19.2 Å². The molecule has 0 radical (unpaired) electrons. The number of carbonyl (C=O) groups is 1. The lowest BCUT2D eigenvalue weighted by atomic mass is 10.0. The molecule has 4 N–H and O–H groups in total. The molecule has 2 rings (SSSR count). The van der Waals surface area contributed by atoms with Crippen molar-refractivity contribution in [3.05, 3.63) is 33.8 Å². The smallest absolute Gasteiger partial charge is 0.358 e. The minimum Gasteiger partial charge on any atom is -0.358 e. The molecule has 0 bridgehead atoms. The van der Waals surface area contributed by atoms with Crippen LogP contribution in [-0.2, 0) is 25.0 Å². The van der Waals surface area contributed by atoms with Gasteiger partial charge in [-0.05, 0) is 18.1 Å². The molecule has 0 saturated heterocycles. The zero-order valence-corrected chi connectivity index (χ0v) is 16.8. The van der Waals surface area contributed by atoms with Crippen molar-refractivity contribution in [2.75, 3.05) is 13.3 Å². The molecule has 1 aromatic rings. The highest BCUT2D eigenvalue weighted by Gasteiger charge is 2.62. The van der Waals surface area contributed by atoms with E-state index in [2.05, 4.69) is 26.0 Å². The zero-order valence-electron chi connectivity index (χ0n) is 13.5. The maximum Gasteiger partial charge on any atom is 0.399 e. The molecule has 1 fully saturated rings. The summed E-state index contributed by atoms with van der Waals surface area (Å²) >= 11 is 2.86. The van der Waals surface area contributed by atoms with E-state index in [1.807, 2.05) is 0 Å². The van der Waals surface area contributed by atoms with Gasteiger partial charge in [-0.3, -0.25) is 9.36 Å². The van der Waals surface area contributed by atoms with Gasteiger partial charge in [0.15, 0.2) is 0 Å². The molecule has 1 saturated carbocycles. The van der Waals surface area contributed by atoms with E-state index in [0.29, 0.717) is 5.56 Å². The molecule has 13 heteroatoms. The monoisotopic (exact) mass is 476 g/mol. The number of likely N-dealkylation sites (N-methyl/N-ethyl adjacent to an activating group) is 1. The molecule has 146 valence electrons. The molecule has 1 aliphatic carbocycles. The van der Waals surface area contributed by atoms with Crippen LogP contribution in [0.15, 0.2) is 22.7 Å². The lowest BCUT2D eigenvalue weighted by molar-refractivity contribution is -0.123. The van der Waals surface area contributed by atoms with Crippen LogP contribution in [0.3, 0.4) is 0 Å². The molecule has 2 atom stereocenters. The third-order valence-corrected chi connectivity index (χ3v) is 6.41. The summed E-state index contributed by atoms with van der Waals surface area (Å²) in [5.74, 6) is -1.19. The topological polar surface area (TPSA) is 133 Å². The average Bonchev–Trinajstić information content (AvgIpc) is 3.18. The van der Waals surface area contributed by atoms with E-state index in [0.717, 1.165) is 12.3 Å². The average molecular weight is 477 g/mol. The standard InChI is InChI=1S/C13H16BrF2N2O6PS/c1-17-11(19)12(18-26(2,23)24)6-9(12)7-3-4-8(10(14)5-7)13(15,16)25(20,21)22/h3-5,9,18H,6H2,1-2H3,(H,17,19)(H2,20,21,22)/t9-,12?/m0/s1. The van der Waals surface area contributed by atoms with Gasteiger partial charge in [-0.2, -0.15) is 13.5 Å². The minimum atomic E-state index is -5.73. The Hall–Kier alpha value is -0.910. The SMILES string of the molecule is CNC(=O)C1(NS(C)(=O)=O)C[C@H]1c1ccc(C(F)(F)P(=O)(O)O)c(Br)c1. The van der Waals surface area contributed by atoms with E-state index in [9.17, 15) is 26.6 Å². The van der Waals surface area contributed by atoms with Crippen molar-refractivity contribution in [2.24, 2.45) is 0 Å². The molecule has 1 amide bonds. The van der Waals surface area contributed by atoms with Crippen LogP contribution >= 0.6 is 23.5 Å². The molecule has 26 heavy (non-hydrogen) atoms. The van der Waals surface area contributed by atoms with Gasteiger partial charge < -0.3 is 15.1 Å². The van der Waals surface area contributed by atoms with Crippen molar-refractivity contribution in [3.8, 4) is 0 Å². The number of carbonyl (C=O) groups excluding carboxylic acids is 1. The second kappa shape index (κ2) is 6.61. The predicted molar refractivity (Wildman–Crippen MR) is 92.2 cm³/mol. The van der Waals surface area contributed by atoms with Crippen molar-refractivity contribution in [1.82, 2.24) is 10.0 Å². The molecule has 0 spiro atoms. The Morgan fingerprint density at radius 2 is 2.00 bits per heavy atom. The van der Waals surface area contributed by atoms with Crippen LogP contribution in [0.5, 0.6) is 0 Å². The van der Waals surface area contributed by atoms with Gasteiger partial charge in [-0.25, -0.2) is 8.42 Å². The molecular formula is C13H16BrF2N2O6PS. The van der Waals surface area contributed by atoms with Gasteiger partial charge in [-0.15, -0.1) is 0 Å². The summed E-state index contributed by atoms with van der Waals surface area (Å²) in [5, 5.41) is 2.36. The first-order valence-electron chi connectivity index (χ1n) is 7.10. The Morgan fingerprint density at radius 1 is 1.42 bits per heavy atom. The number of hydrogen-bond acceptors (Lipinski definition) is 4. The minimum absolute atomic E-state index is 0.112. The van der Waals surface area contributed by atoms with Gasteiger partial charge in [0.25, 0.3) is 0 Å². The summed E-state index contributed by atoms with van der Waals surface area (Å²) in [5.41, 5.74) is -6.37. The highest BCUT2D eigenvalue weighted by atomic mass is 79.9. The fraction of sp³-hybridized carbons (Fsp3) is 0.462. The molecule has 0 aliphatic heterocycles. The van der Waals surface area contributed by atoms with Gasteiger partial charge in [-0.1, -0.05) is 28.1 Å². The summed E-state index contributed by atoms with van der Waals surface area (Å²) < 4.78 is 63.9. The zero-order chi connectivity index (χ0) is 20.1. The first kappa shape index (κ1) is 21.4. The van der Waals surface area contributed by atoms with E-state index < -0.39 is 46.2 Å². The van der Waals surface area contributed by atoms with E-state index in [-0.39, 0.29) is 10.9 Å². The van der Waals surface area contributed by atoms with Crippen molar-refractivity contribution in [3.63, 3.8) is 0 Å². The summed E-state index contributed by atoms with van der Waals surface area (Å²) in [6.07, 6.45) is 1.01. The molecule has 0 aromatic heterocycles. The number of nitrogens with one attached hydrogen (secondary N) is 2. The van der Waals surface area contributed by atoms with Crippen LogP contribution in [0.1, 0.15) is 23.5 Å². The molecule has 1 aromatic carbocycles. The summed E-state index contributed by atoms with van der Waals surface area (Å²) in [4.78, 5) is 29.8. The number of hydrogen-bond donors (Lipinski definition) is 4. The highest BCUT2D eigenvalue weighted by molar-refractivity contribution is 9.10. The molecule has 1 aliphatic rings. The van der Waals surface area contributed by atoms with Gasteiger partial charge in [0.2, 0.25) is 15.9 Å². The van der Waals surface area contributed by atoms with Gasteiger partial charge in [0.1, 0.15) is 5.54 Å². The normalized spacial score (nSPS) is 23.6. The van der Waals surface area contributed by atoms with Gasteiger partial charge in [0, 0.05) is 23.0 Å². The Kier molecular flexibility index (Phi) is 5.44. The molecule has 8 nitrogen and oxygen atoms in total. The Bertz CT molecular complexity index is 906. The summed E-state index contributed by atoms with van der Waals surface area (Å²) in [7, 11) is -8.12. The van der Waals surface area contributed by atoms with Crippen LogP contribution in [0, 0.1) is 0 Å². The van der Waals surface area contributed by atoms with Crippen molar-refractivity contribution < 1.29 is 36.3 Å². The maximum absolute atomic E-state index is 13.9. The Balaban J connectivity index is 2.42. The van der Waals surface area contributed by atoms with Crippen molar-refractivity contribution >= 4 is 39.5 Å². The number of halogens is 3. The molecular weight excluding hydrogens is 461 g/mol. The van der Waals surface area contributed by atoms with Gasteiger partial charge in [0.05, 0.1) is 6.26 Å². The number of rotatable bonds is 6. The number of alkyl halides is 2. The molecule has 1 unspecified atom stereocenters. The number of sulfonamides is 1. The van der Waals surface area contributed by atoms with Crippen LogP contribution in [0.2, 0.25) is 0 Å². The first-order valence-corrected chi connectivity index (χ1v) is 11.4. The van der Waals surface area contributed by atoms with Crippen molar-refractivity contribution in [2.45, 2.75) is 23.5 Å². The first-order chi connectivity index (χ1) is 11.7. The van der Waals surface area contributed by atoms with Crippen LogP contribution in [0.4, 0.5) is 8.78 Å². The second-order valence-electron chi connectivity index (χ2n) is 6.01. The van der Waals surface area contributed by atoms with E-state index >= 15 is 0 Å². The quantitative estimate of drug-likeness (QED) is 0.456. The van der Waals surface area contributed by atoms with Crippen LogP contribution in [0.25, 0.3) is 0 Å². The Labute approximate surface area is 156 Å². The predicted octanol–water partition coefficient (Wildman–Crippen LogP) is 1.20. The lowest BCUT2D eigenvalue weighted by Crippen LogP contribution is -2.48. The highest BCUT2D eigenvalue weighted by Crippen LogP contribution is 2.61. The fourth-order valence-electron chi connectivity index (χ4n) is 2.78. The van der Waals surface area contributed by atoms with E-state index in [4.69, 9.17) is 9.79 Å². The third-order valence-electron chi connectivity index (χ3n) is 4.05. The summed E-state index contributed by atoms with van der Waals surface area (Å²) in [6, 6.07) is 3.22. The largest absolute Gasteiger partial charge is 0.399 e. The van der Waals surface area contributed by atoms with Crippen LogP contribution < -0.4 is 10.0 Å². The number of benzene rings is 1. The number of amides is 1. The third kappa shape index (κ3) is 3.85. The fourth-order valence-corrected chi connectivity index (χ4v) is 5.07. The lowest BCUT2D eigenvalue weighted by Gasteiger charge is -2.20. The Morgan fingerprint density at radius 3 is 2.42 bits per heavy atom. The second-order valence-corrected chi connectivity index (χ2v) is 10.3. The van der Waals surface area contributed by atoms with E-state index in [1.54, 1.807) is 0 Å². The van der Waals surface area contributed by atoms with Gasteiger partial charge >= 0.3 is 13.3 Å². The molecule has 0 heterocycles. The van der Waals surface area contributed by atoms with Crippen molar-refractivity contribution in [1.29, 1.82) is 0 Å². The van der Waals surface area contributed by atoms with Crippen LogP contribution in [-0.4, -0.2) is 43.0 Å².